The van der Waals surface area contributed by atoms with Gasteiger partial charge in [-0.2, -0.15) is 5.10 Å². The molecule has 1 aliphatic rings. The lowest BCUT2D eigenvalue weighted by atomic mass is 9.96. The Kier molecular flexibility index (Phi) is 5.81. The first-order valence-corrected chi connectivity index (χ1v) is 8.47. The normalized spacial score (nSPS) is 17.1. The lowest BCUT2D eigenvalue weighted by Crippen LogP contribution is -2.38. The maximum atomic E-state index is 11.0. The second kappa shape index (κ2) is 7.40. The minimum atomic E-state index is 0.0725. The Morgan fingerprint density at radius 3 is 2.62 bits per heavy atom. The van der Waals surface area contributed by atoms with E-state index in [1.54, 1.807) is 6.92 Å². The molecule has 0 aromatic carbocycles. The summed E-state index contributed by atoms with van der Waals surface area (Å²) in [6.07, 6.45) is 3.25. The van der Waals surface area contributed by atoms with Crippen LogP contribution in [0.5, 0.6) is 0 Å². The molecule has 2 heterocycles. The molecule has 0 aliphatic carbocycles. The number of carbonyl (C=O) groups is 1. The van der Waals surface area contributed by atoms with Crippen LogP contribution < -0.4 is 5.32 Å². The first kappa shape index (κ1) is 16.5. The number of aryl methyl sites for hydroxylation is 2. The molecule has 1 aliphatic heterocycles. The predicted molar refractivity (Wildman–Crippen MR) is 87.0 cm³/mol. The van der Waals surface area contributed by atoms with Crippen LogP contribution in [-0.4, -0.2) is 40.2 Å². The van der Waals surface area contributed by atoms with Crippen molar-refractivity contribution in [3.8, 4) is 0 Å². The molecule has 118 valence electrons. The Labute approximate surface area is 135 Å². The van der Waals surface area contributed by atoms with E-state index in [0.717, 1.165) is 55.6 Å². The van der Waals surface area contributed by atoms with Gasteiger partial charge in [-0.15, -0.1) is 0 Å². The number of nitrogens with zero attached hydrogens (tertiary/aromatic N) is 3. The van der Waals surface area contributed by atoms with Crippen molar-refractivity contribution in [1.82, 2.24) is 20.0 Å². The lowest BCUT2D eigenvalue weighted by Gasteiger charge is -2.32. The number of hydrogen-bond donors (Lipinski definition) is 1. The van der Waals surface area contributed by atoms with Crippen molar-refractivity contribution in [3.63, 3.8) is 0 Å². The fraction of sp³-hybridized carbons (Fsp3) is 0.733. The topological polar surface area (TPSA) is 50.2 Å². The summed E-state index contributed by atoms with van der Waals surface area (Å²) in [5, 5.41) is 7.48. The third-order valence-electron chi connectivity index (χ3n) is 4.22. The van der Waals surface area contributed by atoms with Crippen LogP contribution >= 0.6 is 15.9 Å². The molecule has 0 radical (unpaired) electrons. The number of halogens is 1. The molecule has 0 atom stereocenters. The van der Waals surface area contributed by atoms with E-state index in [2.05, 4.69) is 38.2 Å². The molecule has 1 amide bonds. The summed E-state index contributed by atoms with van der Waals surface area (Å²) in [5.41, 5.74) is 2.39. The van der Waals surface area contributed by atoms with Crippen molar-refractivity contribution < 1.29 is 4.79 Å². The first-order valence-electron chi connectivity index (χ1n) is 7.68. The third-order valence-corrected chi connectivity index (χ3v) is 5.14. The fourth-order valence-electron chi connectivity index (χ4n) is 2.84. The first-order chi connectivity index (χ1) is 10.0. The van der Waals surface area contributed by atoms with Crippen molar-refractivity contribution in [2.75, 3.05) is 19.6 Å². The largest absolute Gasteiger partial charge is 0.356 e. The molecule has 5 nitrogen and oxygen atoms in total. The van der Waals surface area contributed by atoms with Gasteiger partial charge in [0.25, 0.3) is 0 Å². The molecule has 1 fully saturated rings. The Morgan fingerprint density at radius 2 is 2.10 bits per heavy atom. The Balaban J connectivity index is 1.86. The Hall–Kier alpha value is -0.880. The van der Waals surface area contributed by atoms with Gasteiger partial charge in [-0.1, -0.05) is 6.92 Å². The van der Waals surface area contributed by atoms with Gasteiger partial charge in [-0.05, 0) is 54.2 Å². The predicted octanol–water partition coefficient (Wildman–Crippen LogP) is 2.09. The van der Waals surface area contributed by atoms with E-state index in [1.807, 2.05) is 11.7 Å². The molecule has 0 saturated carbocycles. The quantitative estimate of drug-likeness (QED) is 0.878. The molecule has 21 heavy (non-hydrogen) atoms. The van der Waals surface area contributed by atoms with E-state index < -0.39 is 0 Å². The average molecular weight is 357 g/mol. The van der Waals surface area contributed by atoms with Crippen LogP contribution in [-0.2, 0) is 24.8 Å². The van der Waals surface area contributed by atoms with Gasteiger partial charge in [-0.25, -0.2) is 0 Å². The van der Waals surface area contributed by atoms with Gasteiger partial charge >= 0.3 is 0 Å². The standard InChI is InChI=1S/C15H25BrN4O/c1-4-13-15(16)14(19(3)18-13)10-20-7-5-12(6-8-20)9-17-11(2)21/h12H,4-10H2,1-3H3,(H,17,21). The zero-order chi connectivity index (χ0) is 15.4. The monoisotopic (exact) mass is 356 g/mol. The van der Waals surface area contributed by atoms with Crippen LogP contribution in [0.4, 0.5) is 0 Å². The highest BCUT2D eigenvalue weighted by atomic mass is 79.9. The Bertz CT molecular complexity index is 492. The Morgan fingerprint density at radius 1 is 1.43 bits per heavy atom. The summed E-state index contributed by atoms with van der Waals surface area (Å²) in [6, 6.07) is 0. The number of amides is 1. The number of hydrogen-bond acceptors (Lipinski definition) is 3. The van der Waals surface area contributed by atoms with Gasteiger partial charge in [0.15, 0.2) is 0 Å². The molecular formula is C15H25BrN4O. The molecule has 0 bridgehead atoms. The number of piperidine rings is 1. The average Bonchev–Trinajstić information content (AvgIpc) is 2.74. The van der Waals surface area contributed by atoms with Gasteiger partial charge in [0.2, 0.25) is 5.91 Å². The maximum Gasteiger partial charge on any atom is 0.216 e. The summed E-state index contributed by atoms with van der Waals surface area (Å²) < 4.78 is 3.15. The van der Waals surface area contributed by atoms with Gasteiger partial charge in [0.1, 0.15) is 0 Å². The minimum Gasteiger partial charge on any atom is -0.356 e. The van der Waals surface area contributed by atoms with Crippen LogP contribution in [0.15, 0.2) is 4.47 Å². The SMILES string of the molecule is CCc1nn(C)c(CN2CCC(CNC(C)=O)CC2)c1Br. The van der Waals surface area contributed by atoms with Crippen LogP contribution in [0, 0.1) is 5.92 Å². The summed E-state index contributed by atoms with van der Waals surface area (Å²) in [4.78, 5) is 13.4. The second-order valence-corrected chi connectivity index (χ2v) is 6.63. The highest BCUT2D eigenvalue weighted by Crippen LogP contribution is 2.25. The zero-order valence-corrected chi connectivity index (χ0v) is 14.7. The molecule has 1 aromatic rings. The second-order valence-electron chi connectivity index (χ2n) is 5.84. The maximum absolute atomic E-state index is 11.0. The lowest BCUT2D eigenvalue weighted by molar-refractivity contribution is -0.119. The molecule has 0 unspecified atom stereocenters. The van der Waals surface area contributed by atoms with Gasteiger partial charge in [0, 0.05) is 27.1 Å². The van der Waals surface area contributed by atoms with Gasteiger partial charge in [-0.3, -0.25) is 14.4 Å². The van der Waals surface area contributed by atoms with Crippen LogP contribution in [0.3, 0.4) is 0 Å². The van der Waals surface area contributed by atoms with Crippen molar-refractivity contribution in [3.05, 3.63) is 15.9 Å². The number of nitrogens with one attached hydrogen (secondary N) is 1. The summed E-state index contributed by atoms with van der Waals surface area (Å²) in [7, 11) is 2.02. The third kappa shape index (κ3) is 4.30. The fourth-order valence-corrected chi connectivity index (χ4v) is 3.58. The summed E-state index contributed by atoms with van der Waals surface area (Å²) in [5.74, 6) is 0.690. The number of likely N-dealkylation sites (tertiary alicyclic amines) is 1. The van der Waals surface area contributed by atoms with E-state index in [1.165, 1.54) is 5.69 Å². The highest BCUT2D eigenvalue weighted by Gasteiger charge is 2.22. The van der Waals surface area contributed by atoms with Gasteiger partial charge in [0.05, 0.1) is 15.9 Å². The summed E-state index contributed by atoms with van der Waals surface area (Å²) >= 11 is 3.68. The van der Waals surface area contributed by atoms with Gasteiger partial charge < -0.3 is 5.32 Å². The highest BCUT2D eigenvalue weighted by molar-refractivity contribution is 9.10. The molecule has 6 heteroatoms. The summed E-state index contributed by atoms with van der Waals surface area (Å²) in [6.45, 7) is 7.65. The molecule has 2 rings (SSSR count). The van der Waals surface area contributed by atoms with E-state index in [0.29, 0.717) is 5.92 Å². The van der Waals surface area contributed by atoms with Crippen molar-refractivity contribution >= 4 is 21.8 Å². The number of rotatable bonds is 5. The molecule has 1 saturated heterocycles. The zero-order valence-electron chi connectivity index (χ0n) is 13.2. The van der Waals surface area contributed by atoms with Crippen LogP contribution in [0.1, 0.15) is 38.1 Å². The van der Waals surface area contributed by atoms with E-state index >= 15 is 0 Å². The molecule has 1 aromatic heterocycles. The van der Waals surface area contributed by atoms with Crippen molar-refractivity contribution in [2.24, 2.45) is 13.0 Å². The van der Waals surface area contributed by atoms with E-state index in [4.69, 9.17) is 0 Å². The molecule has 0 spiro atoms. The molecular weight excluding hydrogens is 332 g/mol. The van der Waals surface area contributed by atoms with Crippen LogP contribution in [0.2, 0.25) is 0 Å². The van der Waals surface area contributed by atoms with Crippen molar-refractivity contribution in [1.29, 1.82) is 0 Å². The minimum absolute atomic E-state index is 0.0725. The number of carbonyl (C=O) groups excluding carboxylic acids is 1. The van der Waals surface area contributed by atoms with Crippen LogP contribution in [0.25, 0.3) is 0 Å². The van der Waals surface area contributed by atoms with E-state index in [-0.39, 0.29) is 5.91 Å². The van der Waals surface area contributed by atoms with Crippen molar-refractivity contribution in [2.45, 2.75) is 39.7 Å². The number of aromatic nitrogens is 2. The smallest absolute Gasteiger partial charge is 0.216 e. The van der Waals surface area contributed by atoms with E-state index in [9.17, 15) is 4.79 Å². The molecule has 1 N–H and O–H groups in total.